The van der Waals surface area contributed by atoms with Crippen LogP contribution in [0.1, 0.15) is 16.2 Å². The van der Waals surface area contributed by atoms with Gasteiger partial charge in [0.15, 0.2) is 11.5 Å². The smallest absolute Gasteiger partial charge is 0.356 e. The van der Waals surface area contributed by atoms with Gasteiger partial charge in [-0.2, -0.15) is 0 Å². The van der Waals surface area contributed by atoms with E-state index in [0.29, 0.717) is 18.1 Å². The number of rotatable bonds is 4. The minimum Gasteiger partial charge on any atom is -0.464 e. The zero-order valence-corrected chi connectivity index (χ0v) is 10.9. The first-order valence-corrected chi connectivity index (χ1v) is 6.23. The number of thiazole rings is 1. The van der Waals surface area contributed by atoms with Crippen molar-refractivity contribution in [3.8, 4) is 0 Å². The molecule has 2 aromatic rings. The molecule has 0 atom stereocenters. The molecule has 0 fully saturated rings. The molecule has 0 aliphatic heterocycles. The van der Waals surface area contributed by atoms with Gasteiger partial charge >= 0.3 is 10.8 Å². The summed E-state index contributed by atoms with van der Waals surface area (Å²) >= 11 is 1.08. The van der Waals surface area contributed by atoms with Gasteiger partial charge in [0.1, 0.15) is 0 Å². The molecule has 0 aliphatic rings. The molecule has 0 aromatic carbocycles. The average Bonchev–Trinajstić information content (AvgIpc) is 2.82. The second-order valence-corrected chi connectivity index (χ2v) is 4.50. The molecule has 0 amide bonds. The monoisotopic (exact) mass is 280 g/mol. The number of aromatic nitrogens is 2. The van der Waals surface area contributed by atoms with Crippen molar-refractivity contribution in [2.45, 2.75) is 6.54 Å². The normalized spacial score (nSPS) is 10.2. The van der Waals surface area contributed by atoms with Crippen molar-refractivity contribution in [2.24, 2.45) is 0 Å². The molecule has 0 aliphatic carbocycles. The molecule has 19 heavy (non-hydrogen) atoms. The van der Waals surface area contributed by atoms with Crippen molar-refractivity contribution in [3.05, 3.63) is 38.6 Å². The second-order valence-electron chi connectivity index (χ2n) is 3.65. The number of nitrogens with zero attached hydrogens (tertiary/aromatic N) is 1. The standard InChI is InChI=1S/C11H12N4O3S/c1-18-10(16)8-3-2-7(12)9(15-8)13-4-6-5-19-11(17)14-6/h2-3,5H,4,12H2,1H3,(H,13,15)(H,14,17). The number of pyridine rings is 1. The first-order valence-electron chi connectivity index (χ1n) is 5.35. The number of nitrogens with two attached hydrogens (primary N) is 1. The molecule has 2 heterocycles. The summed E-state index contributed by atoms with van der Waals surface area (Å²) in [4.78, 5) is 28.9. The molecule has 2 rings (SSSR count). The number of esters is 1. The quantitative estimate of drug-likeness (QED) is 0.715. The number of carbonyl (C=O) groups is 1. The molecular formula is C11H12N4O3S. The van der Waals surface area contributed by atoms with Crippen LogP contribution in [0.5, 0.6) is 0 Å². The minimum absolute atomic E-state index is 0.124. The molecule has 100 valence electrons. The highest BCUT2D eigenvalue weighted by molar-refractivity contribution is 7.07. The molecular weight excluding hydrogens is 268 g/mol. The highest BCUT2D eigenvalue weighted by Crippen LogP contribution is 2.17. The van der Waals surface area contributed by atoms with Gasteiger partial charge in [0.2, 0.25) is 0 Å². The Morgan fingerprint density at radius 2 is 2.37 bits per heavy atom. The van der Waals surface area contributed by atoms with Crippen LogP contribution in [0, 0.1) is 0 Å². The zero-order valence-electron chi connectivity index (χ0n) is 10.1. The summed E-state index contributed by atoms with van der Waals surface area (Å²) in [6.45, 7) is 0.362. The summed E-state index contributed by atoms with van der Waals surface area (Å²) < 4.78 is 4.58. The van der Waals surface area contributed by atoms with Gasteiger partial charge in [0, 0.05) is 11.1 Å². The number of nitrogens with one attached hydrogen (secondary N) is 2. The van der Waals surface area contributed by atoms with Gasteiger partial charge < -0.3 is 20.8 Å². The van der Waals surface area contributed by atoms with Gasteiger partial charge in [-0.15, -0.1) is 0 Å². The number of ether oxygens (including phenoxy) is 1. The number of methoxy groups -OCH3 is 1. The van der Waals surface area contributed by atoms with Gasteiger partial charge in [-0.25, -0.2) is 9.78 Å². The predicted molar refractivity (Wildman–Crippen MR) is 72.3 cm³/mol. The molecule has 0 radical (unpaired) electrons. The fourth-order valence-electron chi connectivity index (χ4n) is 1.41. The molecule has 0 unspecified atom stereocenters. The molecule has 4 N–H and O–H groups in total. The summed E-state index contributed by atoms with van der Waals surface area (Å²) in [5.41, 5.74) is 7.05. The van der Waals surface area contributed by atoms with Crippen LogP contribution in [0.3, 0.4) is 0 Å². The number of aromatic amines is 1. The number of hydrogen-bond donors (Lipinski definition) is 3. The van der Waals surface area contributed by atoms with E-state index in [9.17, 15) is 9.59 Å². The maximum Gasteiger partial charge on any atom is 0.356 e. The maximum atomic E-state index is 11.4. The van der Waals surface area contributed by atoms with Crippen LogP contribution >= 0.6 is 11.3 Å². The second kappa shape index (κ2) is 5.53. The third kappa shape index (κ3) is 3.10. The zero-order chi connectivity index (χ0) is 13.8. The van der Waals surface area contributed by atoms with E-state index in [0.717, 1.165) is 17.0 Å². The van der Waals surface area contributed by atoms with E-state index in [2.05, 4.69) is 20.0 Å². The van der Waals surface area contributed by atoms with E-state index in [1.165, 1.54) is 13.2 Å². The van der Waals surface area contributed by atoms with Gasteiger partial charge in [0.25, 0.3) is 0 Å². The summed E-state index contributed by atoms with van der Waals surface area (Å²) in [7, 11) is 1.28. The highest BCUT2D eigenvalue weighted by atomic mass is 32.1. The Bertz CT molecular complexity index is 649. The van der Waals surface area contributed by atoms with Crippen molar-refractivity contribution >= 4 is 28.8 Å². The number of H-pyrrole nitrogens is 1. The van der Waals surface area contributed by atoms with Crippen LogP contribution in [-0.2, 0) is 11.3 Å². The van der Waals surface area contributed by atoms with Crippen LogP contribution in [-0.4, -0.2) is 23.0 Å². The van der Waals surface area contributed by atoms with Gasteiger partial charge in [0.05, 0.1) is 19.3 Å². The Balaban J connectivity index is 2.15. The Kier molecular flexibility index (Phi) is 3.81. The van der Waals surface area contributed by atoms with Crippen LogP contribution in [0.2, 0.25) is 0 Å². The lowest BCUT2D eigenvalue weighted by atomic mass is 10.3. The van der Waals surface area contributed by atoms with E-state index in [-0.39, 0.29) is 10.6 Å². The summed E-state index contributed by atoms with van der Waals surface area (Å²) in [6, 6.07) is 3.05. The lowest BCUT2D eigenvalue weighted by molar-refractivity contribution is 0.0594. The van der Waals surface area contributed by atoms with Crippen LogP contribution in [0.25, 0.3) is 0 Å². The van der Waals surface area contributed by atoms with E-state index in [1.54, 1.807) is 11.4 Å². The third-order valence-corrected chi connectivity index (χ3v) is 3.06. The molecule has 2 aromatic heterocycles. The molecule has 0 saturated carbocycles. The topological polar surface area (TPSA) is 110 Å². The summed E-state index contributed by atoms with van der Waals surface area (Å²) in [6.07, 6.45) is 0. The van der Waals surface area contributed by atoms with Crippen molar-refractivity contribution in [1.82, 2.24) is 9.97 Å². The fourth-order valence-corrected chi connectivity index (χ4v) is 1.99. The maximum absolute atomic E-state index is 11.4. The number of nitrogen functional groups attached to an aromatic ring is 1. The molecule has 0 bridgehead atoms. The largest absolute Gasteiger partial charge is 0.464 e. The first kappa shape index (κ1) is 13.1. The Morgan fingerprint density at radius 3 is 3.00 bits per heavy atom. The number of carbonyl (C=O) groups excluding carboxylic acids is 1. The van der Waals surface area contributed by atoms with Crippen LogP contribution in [0.15, 0.2) is 22.3 Å². The van der Waals surface area contributed by atoms with Crippen molar-refractivity contribution in [3.63, 3.8) is 0 Å². The van der Waals surface area contributed by atoms with E-state index in [1.807, 2.05) is 0 Å². The predicted octanol–water partition coefficient (Wildman–Crippen LogP) is 0.812. The summed E-state index contributed by atoms with van der Waals surface area (Å²) in [5.74, 6) is -0.165. The molecule has 7 nitrogen and oxygen atoms in total. The van der Waals surface area contributed by atoms with Crippen molar-refractivity contribution < 1.29 is 9.53 Å². The van der Waals surface area contributed by atoms with Gasteiger partial charge in [-0.05, 0) is 12.1 Å². The molecule has 0 spiro atoms. The van der Waals surface area contributed by atoms with Gasteiger partial charge in [-0.3, -0.25) is 4.79 Å². The SMILES string of the molecule is COC(=O)c1ccc(N)c(NCc2csc(=O)[nH]2)n1. The lowest BCUT2D eigenvalue weighted by Gasteiger charge is -2.08. The Labute approximate surface area is 112 Å². The minimum atomic E-state index is -0.535. The van der Waals surface area contributed by atoms with Gasteiger partial charge in [-0.1, -0.05) is 11.3 Å². The van der Waals surface area contributed by atoms with Crippen molar-refractivity contribution in [2.75, 3.05) is 18.2 Å². The number of anilines is 2. The fraction of sp³-hybridized carbons (Fsp3) is 0.182. The van der Waals surface area contributed by atoms with Crippen LogP contribution in [0.4, 0.5) is 11.5 Å². The van der Waals surface area contributed by atoms with E-state index >= 15 is 0 Å². The molecule has 0 saturated heterocycles. The molecule has 8 heteroatoms. The van der Waals surface area contributed by atoms with E-state index < -0.39 is 5.97 Å². The Hall–Kier alpha value is -2.35. The van der Waals surface area contributed by atoms with E-state index in [4.69, 9.17) is 5.73 Å². The number of hydrogen-bond acceptors (Lipinski definition) is 7. The lowest BCUT2D eigenvalue weighted by Crippen LogP contribution is -2.10. The third-order valence-electron chi connectivity index (χ3n) is 2.34. The Morgan fingerprint density at radius 1 is 1.58 bits per heavy atom. The highest BCUT2D eigenvalue weighted by Gasteiger charge is 2.10. The average molecular weight is 280 g/mol. The first-order chi connectivity index (χ1) is 9.10. The van der Waals surface area contributed by atoms with Crippen LogP contribution < -0.4 is 15.9 Å². The summed E-state index contributed by atoms with van der Waals surface area (Å²) in [5, 5.41) is 4.66. The van der Waals surface area contributed by atoms with Crippen molar-refractivity contribution in [1.29, 1.82) is 0 Å².